The van der Waals surface area contributed by atoms with E-state index in [0.29, 0.717) is 11.6 Å². The molecule has 0 radical (unpaired) electrons. The van der Waals surface area contributed by atoms with Crippen LogP contribution in [0, 0.1) is 6.92 Å². The molecule has 0 saturated heterocycles. The van der Waals surface area contributed by atoms with Crippen LogP contribution in [0.3, 0.4) is 0 Å². The molecule has 2 N–H and O–H groups in total. The van der Waals surface area contributed by atoms with Gasteiger partial charge in [-0.1, -0.05) is 29.8 Å². The normalized spacial score (nSPS) is 15.7. The van der Waals surface area contributed by atoms with Crippen molar-refractivity contribution in [3.63, 3.8) is 0 Å². The molecule has 4 aromatic rings. The lowest BCUT2D eigenvalue weighted by Gasteiger charge is -2.14. The first-order chi connectivity index (χ1) is 16.1. The Labute approximate surface area is 196 Å². The molecule has 0 atom stereocenters. The molecule has 2 aromatic carbocycles. The number of hydrogen-bond donors (Lipinski definition) is 1. The molecule has 166 valence electrons. The number of benzene rings is 2. The molecule has 0 amide bonds. The highest BCUT2D eigenvalue weighted by Crippen LogP contribution is 2.51. The van der Waals surface area contributed by atoms with E-state index in [1.54, 1.807) is 0 Å². The number of nitrogens with zero attached hydrogens (tertiary/aromatic N) is 6. The first-order valence-corrected chi connectivity index (χ1v) is 11.6. The smallest absolute Gasteiger partial charge is 0.165 e. The molecule has 1 aliphatic heterocycles. The topological polar surface area (TPSA) is 86.9 Å². The summed E-state index contributed by atoms with van der Waals surface area (Å²) in [5, 5.41) is 14.2. The van der Waals surface area contributed by atoms with E-state index >= 15 is 0 Å². The van der Waals surface area contributed by atoms with Crippen molar-refractivity contribution < 1.29 is 0 Å². The van der Waals surface area contributed by atoms with Crippen molar-refractivity contribution in [2.75, 3.05) is 6.54 Å². The Bertz CT molecular complexity index is 1380. The first-order valence-electron chi connectivity index (χ1n) is 11.2. The molecule has 1 aliphatic carbocycles. The van der Waals surface area contributed by atoms with E-state index in [-0.39, 0.29) is 5.54 Å². The molecule has 3 heterocycles. The summed E-state index contributed by atoms with van der Waals surface area (Å²) in [7, 11) is 0. The molecule has 6 rings (SSSR count). The minimum atomic E-state index is -0.317. The number of nitrogens with two attached hydrogens (primary N) is 1. The lowest BCUT2D eigenvalue weighted by molar-refractivity contribution is 0.585. The van der Waals surface area contributed by atoms with Gasteiger partial charge in [0, 0.05) is 34.5 Å². The third-order valence-corrected chi connectivity index (χ3v) is 6.71. The molecule has 1 fully saturated rings. The number of aromatic nitrogens is 5. The molecule has 1 saturated carbocycles. The molecule has 8 heteroatoms. The first kappa shape index (κ1) is 20.3. The number of aryl methyl sites for hydroxylation is 2. The quantitative estimate of drug-likeness (QED) is 0.484. The van der Waals surface area contributed by atoms with Crippen molar-refractivity contribution in [1.82, 2.24) is 24.5 Å². The van der Waals surface area contributed by atoms with E-state index in [1.165, 1.54) is 0 Å². The number of rotatable bonds is 5. The molecule has 7 nitrogen and oxygen atoms in total. The SMILES string of the molecule is Cc1nnc2n1-c1ccc(-c3cnn(CCCN)c3)cc1C(c1ccc(Cl)cc1)=NC21CC1. The summed E-state index contributed by atoms with van der Waals surface area (Å²) >= 11 is 6.19. The van der Waals surface area contributed by atoms with E-state index in [9.17, 15) is 0 Å². The molecule has 33 heavy (non-hydrogen) atoms. The number of hydrogen-bond acceptors (Lipinski definition) is 5. The Hall–Kier alpha value is -3.29. The molecular weight excluding hydrogens is 434 g/mol. The van der Waals surface area contributed by atoms with Gasteiger partial charge in [-0.2, -0.15) is 5.10 Å². The van der Waals surface area contributed by atoms with Crippen LogP contribution in [-0.4, -0.2) is 36.8 Å². The zero-order chi connectivity index (χ0) is 22.6. The van der Waals surface area contributed by atoms with Crippen LogP contribution >= 0.6 is 11.6 Å². The largest absolute Gasteiger partial charge is 0.330 e. The van der Waals surface area contributed by atoms with Crippen LogP contribution in [0.4, 0.5) is 0 Å². The van der Waals surface area contributed by atoms with Crippen molar-refractivity contribution in [3.05, 3.63) is 82.7 Å². The highest BCUT2D eigenvalue weighted by molar-refractivity contribution is 6.30. The zero-order valence-corrected chi connectivity index (χ0v) is 19.1. The molecule has 0 unspecified atom stereocenters. The van der Waals surface area contributed by atoms with Crippen LogP contribution in [0.25, 0.3) is 16.8 Å². The van der Waals surface area contributed by atoms with E-state index in [2.05, 4.69) is 44.3 Å². The second-order valence-corrected chi connectivity index (χ2v) is 9.21. The van der Waals surface area contributed by atoms with Gasteiger partial charge in [-0.05, 0) is 62.6 Å². The monoisotopic (exact) mass is 457 g/mol. The van der Waals surface area contributed by atoms with Crippen LogP contribution in [0.5, 0.6) is 0 Å². The van der Waals surface area contributed by atoms with Crippen molar-refractivity contribution >= 4 is 17.3 Å². The van der Waals surface area contributed by atoms with Crippen LogP contribution in [-0.2, 0) is 12.1 Å². The second kappa shape index (κ2) is 7.64. The minimum Gasteiger partial charge on any atom is -0.330 e. The Morgan fingerprint density at radius 2 is 1.82 bits per heavy atom. The van der Waals surface area contributed by atoms with Crippen LogP contribution in [0.1, 0.15) is 42.0 Å². The molecular formula is C25H24ClN7. The van der Waals surface area contributed by atoms with Gasteiger partial charge < -0.3 is 5.73 Å². The van der Waals surface area contributed by atoms with E-state index in [4.69, 9.17) is 22.3 Å². The van der Waals surface area contributed by atoms with Gasteiger partial charge in [0.25, 0.3) is 0 Å². The lowest BCUT2D eigenvalue weighted by Crippen LogP contribution is -2.11. The van der Waals surface area contributed by atoms with E-state index in [0.717, 1.165) is 71.1 Å². The second-order valence-electron chi connectivity index (χ2n) is 8.77. The maximum absolute atomic E-state index is 6.19. The number of aliphatic imine (C=N–C) groups is 1. The average molecular weight is 458 g/mol. The van der Waals surface area contributed by atoms with Gasteiger partial charge >= 0.3 is 0 Å². The highest BCUT2D eigenvalue weighted by Gasteiger charge is 2.51. The molecule has 1 spiro atoms. The number of halogens is 1. The van der Waals surface area contributed by atoms with E-state index in [1.807, 2.05) is 42.1 Å². The minimum absolute atomic E-state index is 0.317. The summed E-state index contributed by atoms with van der Waals surface area (Å²) < 4.78 is 4.12. The molecule has 2 aromatic heterocycles. The van der Waals surface area contributed by atoms with Crippen LogP contribution in [0.15, 0.2) is 59.9 Å². The third-order valence-electron chi connectivity index (χ3n) is 6.46. The van der Waals surface area contributed by atoms with Crippen molar-refractivity contribution in [2.45, 2.75) is 38.3 Å². The van der Waals surface area contributed by atoms with Gasteiger partial charge in [-0.3, -0.25) is 14.2 Å². The zero-order valence-electron chi connectivity index (χ0n) is 18.4. The van der Waals surface area contributed by atoms with E-state index < -0.39 is 0 Å². The van der Waals surface area contributed by atoms with Gasteiger partial charge in [0.05, 0.1) is 17.6 Å². The average Bonchev–Trinajstić information content (AvgIpc) is 3.30. The summed E-state index contributed by atoms with van der Waals surface area (Å²) in [4.78, 5) is 5.31. The standard InChI is InChI=1S/C25H24ClN7/c1-16-30-31-24-25(9-10-25)29-23(17-3-6-20(26)7-4-17)21-13-18(5-8-22(21)33(16)24)19-14-28-32(15-19)12-2-11-27/h3-8,13-15H,2,9-12,27H2,1H3. The van der Waals surface area contributed by atoms with Gasteiger partial charge in [-0.15, -0.1) is 10.2 Å². The van der Waals surface area contributed by atoms with Gasteiger partial charge in [0.1, 0.15) is 11.4 Å². The van der Waals surface area contributed by atoms with Crippen molar-refractivity contribution in [2.24, 2.45) is 10.7 Å². The maximum Gasteiger partial charge on any atom is 0.165 e. The van der Waals surface area contributed by atoms with Crippen molar-refractivity contribution in [3.8, 4) is 16.8 Å². The predicted octanol–water partition coefficient (Wildman–Crippen LogP) is 4.28. The number of fused-ring (bicyclic) bond motifs is 4. The van der Waals surface area contributed by atoms with Crippen LogP contribution in [0.2, 0.25) is 5.02 Å². The maximum atomic E-state index is 6.19. The fourth-order valence-electron chi connectivity index (χ4n) is 4.55. The summed E-state index contributed by atoms with van der Waals surface area (Å²) in [5.74, 6) is 1.79. The summed E-state index contributed by atoms with van der Waals surface area (Å²) in [5.41, 5.74) is 11.6. The Morgan fingerprint density at radius 1 is 1.03 bits per heavy atom. The van der Waals surface area contributed by atoms with Gasteiger partial charge in [0.2, 0.25) is 0 Å². The van der Waals surface area contributed by atoms with Gasteiger partial charge in [-0.25, -0.2) is 0 Å². The van der Waals surface area contributed by atoms with Crippen molar-refractivity contribution in [1.29, 1.82) is 0 Å². The van der Waals surface area contributed by atoms with Gasteiger partial charge in [0.15, 0.2) is 5.82 Å². The molecule has 0 bridgehead atoms. The highest BCUT2D eigenvalue weighted by atomic mass is 35.5. The predicted molar refractivity (Wildman–Crippen MR) is 129 cm³/mol. The lowest BCUT2D eigenvalue weighted by atomic mass is 9.96. The Kier molecular flexibility index (Phi) is 4.71. The third kappa shape index (κ3) is 3.39. The van der Waals surface area contributed by atoms with Crippen LogP contribution < -0.4 is 5.73 Å². The molecule has 2 aliphatic rings. The summed E-state index contributed by atoms with van der Waals surface area (Å²) in [6.07, 6.45) is 6.82. The fourth-order valence-corrected chi connectivity index (χ4v) is 4.67. The fraction of sp³-hybridized carbons (Fsp3) is 0.280. The summed E-state index contributed by atoms with van der Waals surface area (Å²) in [6.45, 7) is 3.46. The Morgan fingerprint density at radius 3 is 2.58 bits per heavy atom. The summed E-state index contributed by atoms with van der Waals surface area (Å²) in [6, 6.07) is 14.4. The Balaban J connectivity index is 1.54.